The van der Waals surface area contributed by atoms with E-state index < -0.39 is 5.91 Å². The second-order valence-electron chi connectivity index (χ2n) is 7.30. The SMILES string of the molecule is Cc1nc(N2CCC(C)(CN)CC2)nc(C(N)=O)c1-c1cccc(Cl)c1Cl. The Kier molecular flexibility index (Phi) is 5.60. The molecule has 0 radical (unpaired) electrons. The van der Waals surface area contributed by atoms with E-state index in [1.807, 2.05) is 6.92 Å². The third-order valence-corrected chi connectivity index (χ3v) is 6.10. The van der Waals surface area contributed by atoms with E-state index in [4.69, 9.17) is 34.7 Å². The molecule has 8 heteroatoms. The Bertz CT molecular complexity index is 879. The van der Waals surface area contributed by atoms with Crippen molar-refractivity contribution in [1.82, 2.24) is 9.97 Å². The zero-order chi connectivity index (χ0) is 19.8. The van der Waals surface area contributed by atoms with Gasteiger partial charge in [-0.15, -0.1) is 0 Å². The molecule has 1 aromatic carbocycles. The quantitative estimate of drug-likeness (QED) is 0.808. The topological polar surface area (TPSA) is 98.1 Å². The van der Waals surface area contributed by atoms with Crippen molar-refractivity contribution in [2.45, 2.75) is 26.7 Å². The zero-order valence-electron chi connectivity index (χ0n) is 15.4. The number of piperidine rings is 1. The first kappa shape index (κ1) is 19.9. The summed E-state index contributed by atoms with van der Waals surface area (Å²) in [6.07, 6.45) is 1.89. The van der Waals surface area contributed by atoms with Crippen LogP contribution in [0.3, 0.4) is 0 Å². The molecule has 0 bridgehead atoms. The number of aryl methyl sites for hydroxylation is 1. The van der Waals surface area contributed by atoms with Gasteiger partial charge in [-0.3, -0.25) is 4.79 Å². The van der Waals surface area contributed by atoms with E-state index >= 15 is 0 Å². The second-order valence-corrected chi connectivity index (χ2v) is 8.09. The summed E-state index contributed by atoms with van der Waals surface area (Å²) in [6, 6.07) is 5.23. The van der Waals surface area contributed by atoms with Crippen LogP contribution in [-0.2, 0) is 0 Å². The minimum Gasteiger partial charge on any atom is -0.364 e. The number of rotatable bonds is 4. The van der Waals surface area contributed by atoms with E-state index in [1.54, 1.807) is 18.2 Å². The minimum atomic E-state index is -0.628. The normalized spacial score (nSPS) is 16.4. The summed E-state index contributed by atoms with van der Waals surface area (Å²) < 4.78 is 0. The molecule has 4 N–H and O–H groups in total. The monoisotopic (exact) mass is 407 g/mol. The maximum Gasteiger partial charge on any atom is 0.268 e. The van der Waals surface area contributed by atoms with Gasteiger partial charge in [0.05, 0.1) is 15.7 Å². The maximum atomic E-state index is 12.1. The Labute approximate surface area is 168 Å². The van der Waals surface area contributed by atoms with Crippen molar-refractivity contribution in [3.63, 3.8) is 0 Å². The molecule has 1 aromatic heterocycles. The zero-order valence-corrected chi connectivity index (χ0v) is 16.9. The molecule has 6 nitrogen and oxygen atoms in total. The molecule has 27 heavy (non-hydrogen) atoms. The van der Waals surface area contributed by atoms with Crippen LogP contribution < -0.4 is 16.4 Å². The number of carbonyl (C=O) groups is 1. The number of nitrogens with zero attached hydrogens (tertiary/aromatic N) is 3. The van der Waals surface area contributed by atoms with E-state index in [-0.39, 0.29) is 11.1 Å². The van der Waals surface area contributed by atoms with Crippen LogP contribution in [0.1, 0.15) is 35.9 Å². The molecule has 1 amide bonds. The summed E-state index contributed by atoms with van der Waals surface area (Å²) in [4.78, 5) is 23.3. The number of benzene rings is 1. The van der Waals surface area contributed by atoms with Gasteiger partial charge in [0.15, 0.2) is 0 Å². The molecular weight excluding hydrogens is 385 g/mol. The molecule has 2 heterocycles. The summed E-state index contributed by atoms with van der Waals surface area (Å²) in [5.41, 5.74) is 13.5. The second kappa shape index (κ2) is 7.62. The first-order valence-electron chi connectivity index (χ1n) is 8.83. The van der Waals surface area contributed by atoms with E-state index in [0.717, 1.165) is 25.9 Å². The predicted molar refractivity (Wildman–Crippen MR) is 109 cm³/mol. The van der Waals surface area contributed by atoms with Gasteiger partial charge in [-0.1, -0.05) is 42.3 Å². The van der Waals surface area contributed by atoms with Crippen molar-refractivity contribution in [3.8, 4) is 11.1 Å². The van der Waals surface area contributed by atoms with Crippen LogP contribution in [-0.4, -0.2) is 35.5 Å². The number of aromatic nitrogens is 2. The van der Waals surface area contributed by atoms with Gasteiger partial charge in [-0.25, -0.2) is 9.97 Å². The van der Waals surface area contributed by atoms with Gasteiger partial charge in [0.2, 0.25) is 5.95 Å². The highest BCUT2D eigenvalue weighted by molar-refractivity contribution is 6.43. The highest BCUT2D eigenvalue weighted by atomic mass is 35.5. The molecule has 0 saturated carbocycles. The smallest absolute Gasteiger partial charge is 0.268 e. The van der Waals surface area contributed by atoms with Gasteiger partial charge in [0, 0.05) is 24.2 Å². The molecule has 144 valence electrons. The average Bonchev–Trinajstić information content (AvgIpc) is 2.64. The summed E-state index contributed by atoms with van der Waals surface area (Å²) in [6.45, 7) is 6.22. The molecule has 1 fully saturated rings. The summed E-state index contributed by atoms with van der Waals surface area (Å²) in [7, 11) is 0. The number of carbonyl (C=O) groups excluding carboxylic acids is 1. The van der Waals surface area contributed by atoms with Crippen LogP contribution in [0.4, 0.5) is 5.95 Å². The molecule has 3 rings (SSSR count). The Hall–Kier alpha value is -1.89. The van der Waals surface area contributed by atoms with Crippen LogP contribution >= 0.6 is 23.2 Å². The number of primary amides is 1. The Balaban J connectivity index is 2.04. The van der Waals surface area contributed by atoms with Gasteiger partial charge >= 0.3 is 0 Å². The highest BCUT2D eigenvalue weighted by Crippen LogP contribution is 2.37. The third-order valence-electron chi connectivity index (χ3n) is 5.28. The molecule has 1 aliphatic rings. The molecule has 2 aromatic rings. The highest BCUT2D eigenvalue weighted by Gasteiger charge is 2.31. The van der Waals surface area contributed by atoms with Crippen molar-refractivity contribution >= 4 is 35.1 Å². The Morgan fingerprint density at radius 3 is 2.52 bits per heavy atom. The van der Waals surface area contributed by atoms with Gasteiger partial charge in [0.25, 0.3) is 5.91 Å². The fraction of sp³-hybridized carbons (Fsp3) is 0.421. The van der Waals surface area contributed by atoms with Crippen molar-refractivity contribution in [2.24, 2.45) is 16.9 Å². The summed E-state index contributed by atoms with van der Waals surface area (Å²) in [5.74, 6) is -0.126. The van der Waals surface area contributed by atoms with Crippen LogP contribution in [0.5, 0.6) is 0 Å². The van der Waals surface area contributed by atoms with Gasteiger partial charge in [-0.2, -0.15) is 0 Å². The Morgan fingerprint density at radius 2 is 1.93 bits per heavy atom. The largest absolute Gasteiger partial charge is 0.364 e. The van der Waals surface area contributed by atoms with Gasteiger partial charge < -0.3 is 16.4 Å². The van der Waals surface area contributed by atoms with E-state index in [0.29, 0.717) is 39.4 Å². The van der Waals surface area contributed by atoms with E-state index in [9.17, 15) is 4.79 Å². The lowest BCUT2D eigenvalue weighted by molar-refractivity contribution is 0.0996. The van der Waals surface area contributed by atoms with Crippen LogP contribution in [0.25, 0.3) is 11.1 Å². The number of nitrogens with two attached hydrogens (primary N) is 2. The molecule has 0 spiro atoms. The van der Waals surface area contributed by atoms with Crippen LogP contribution in [0, 0.1) is 12.3 Å². The average molecular weight is 408 g/mol. The van der Waals surface area contributed by atoms with Crippen LogP contribution in [0.15, 0.2) is 18.2 Å². The third kappa shape index (κ3) is 3.88. The molecule has 0 unspecified atom stereocenters. The van der Waals surface area contributed by atoms with E-state index in [2.05, 4.69) is 21.8 Å². The van der Waals surface area contributed by atoms with Crippen LogP contribution in [0.2, 0.25) is 10.0 Å². The lowest BCUT2D eigenvalue weighted by Crippen LogP contribution is -2.43. The van der Waals surface area contributed by atoms with Crippen molar-refractivity contribution in [1.29, 1.82) is 0 Å². The molecule has 1 saturated heterocycles. The number of hydrogen-bond acceptors (Lipinski definition) is 5. The number of hydrogen-bond donors (Lipinski definition) is 2. The lowest BCUT2D eigenvalue weighted by Gasteiger charge is -2.38. The van der Waals surface area contributed by atoms with Crippen molar-refractivity contribution in [3.05, 3.63) is 39.6 Å². The number of amides is 1. The first-order valence-corrected chi connectivity index (χ1v) is 9.59. The summed E-state index contributed by atoms with van der Waals surface area (Å²) >= 11 is 12.5. The van der Waals surface area contributed by atoms with Crippen molar-refractivity contribution in [2.75, 3.05) is 24.5 Å². The fourth-order valence-electron chi connectivity index (χ4n) is 3.35. The standard InChI is InChI=1S/C19H23Cl2N5O/c1-11-14(12-4-3-5-13(20)15(12)21)16(17(23)27)25-18(24-11)26-8-6-19(2,10-22)7-9-26/h3-5H,6-10,22H2,1-2H3,(H2,23,27). The minimum absolute atomic E-state index is 0.131. The van der Waals surface area contributed by atoms with E-state index in [1.165, 1.54) is 0 Å². The molecule has 0 aliphatic carbocycles. The van der Waals surface area contributed by atoms with Gasteiger partial charge in [-0.05, 0) is 37.8 Å². The maximum absolute atomic E-state index is 12.1. The lowest BCUT2D eigenvalue weighted by atomic mass is 9.81. The van der Waals surface area contributed by atoms with Gasteiger partial charge in [0.1, 0.15) is 5.69 Å². The first-order chi connectivity index (χ1) is 12.8. The number of halogens is 2. The molecule has 1 aliphatic heterocycles. The Morgan fingerprint density at radius 1 is 1.26 bits per heavy atom. The van der Waals surface area contributed by atoms with Crippen molar-refractivity contribution < 1.29 is 4.79 Å². The molecular formula is C19H23Cl2N5O. The summed E-state index contributed by atoms with van der Waals surface area (Å²) in [5, 5.41) is 0.739. The fourth-order valence-corrected chi connectivity index (χ4v) is 3.74. The number of anilines is 1. The molecule has 0 atom stereocenters. The predicted octanol–water partition coefficient (Wildman–Crippen LogP) is 3.42.